The van der Waals surface area contributed by atoms with Crippen LogP contribution in [0.15, 0.2) is 12.1 Å². The lowest BCUT2D eigenvalue weighted by Gasteiger charge is -2.36. The standard InChI is InChI=1S/C26H37FN2O6/c1-25(2,3)14-28-22(30)16-6-7-19(16)29-23(31)17-12-21(18(27)13-20(17)34-5)35-15-8-10-26(4,11-9-15)24(32)33/h12-13,15-16,19H,6-11,14H2,1-5H3,(H,28,30)(H,29,31)(H,32,33)/t15?,16-,19+,26?/m0/s1. The third kappa shape index (κ3) is 6.44. The summed E-state index contributed by atoms with van der Waals surface area (Å²) >= 11 is 0. The van der Waals surface area contributed by atoms with Crippen molar-refractivity contribution >= 4 is 17.8 Å². The van der Waals surface area contributed by atoms with E-state index in [1.54, 1.807) is 6.92 Å². The molecule has 2 aliphatic carbocycles. The first kappa shape index (κ1) is 26.8. The molecule has 35 heavy (non-hydrogen) atoms. The van der Waals surface area contributed by atoms with E-state index in [1.165, 1.54) is 13.2 Å². The number of carboxylic acids is 1. The Bertz CT molecular complexity index is 965. The van der Waals surface area contributed by atoms with Gasteiger partial charge in [0.1, 0.15) is 5.75 Å². The van der Waals surface area contributed by atoms with E-state index in [4.69, 9.17) is 9.47 Å². The molecule has 1 aromatic carbocycles. The molecule has 0 bridgehead atoms. The Morgan fingerprint density at radius 1 is 1.11 bits per heavy atom. The number of carbonyl (C=O) groups excluding carboxylic acids is 2. The number of hydrogen-bond acceptors (Lipinski definition) is 5. The van der Waals surface area contributed by atoms with Crippen LogP contribution in [0.25, 0.3) is 0 Å². The second-order valence-corrected chi connectivity index (χ2v) is 11.2. The Morgan fingerprint density at radius 2 is 1.77 bits per heavy atom. The van der Waals surface area contributed by atoms with Gasteiger partial charge in [-0.05, 0) is 56.9 Å². The van der Waals surface area contributed by atoms with E-state index in [0.717, 1.165) is 6.07 Å². The Kier molecular flexibility index (Phi) is 7.97. The molecule has 2 amide bonds. The number of aliphatic carboxylic acids is 1. The summed E-state index contributed by atoms with van der Waals surface area (Å²) in [5.74, 6) is -2.37. The predicted octanol–water partition coefficient (Wildman–Crippen LogP) is 3.92. The second-order valence-electron chi connectivity index (χ2n) is 11.2. The van der Waals surface area contributed by atoms with Crippen molar-refractivity contribution in [2.45, 2.75) is 78.4 Å². The van der Waals surface area contributed by atoms with Crippen LogP contribution < -0.4 is 20.1 Å². The maximum atomic E-state index is 14.7. The molecule has 3 N–H and O–H groups in total. The molecule has 0 saturated heterocycles. The number of benzene rings is 1. The average Bonchev–Trinajstić information content (AvgIpc) is 2.77. The SMILES string of the molecule is COc1cc(F)c(OC2CCC(C)(C(=O)O)CC2)cc1C(=O)N[C@@H]1CC[C@@H]1C(=O)NCC(C)(C)C. The fourth-order valence-electron chi connectivity index (χ4n) is 4.43. The third-order valence-corrected chi connectivity index (χ3v) is 7.07. The summed E-state index contributed by atoms with van der Waals surface area (Å²) in [5.41, 5.74) is -0.724. The van der Waals surface area contributed by atoms with E-state index in [1.807, 2.05) is 20.8 Å². The zero-order chi connectivity index (χ0) is 26.0. The minimum absolute atomic E-state index is 0.0411. The first-order valence-corrected chi connectivity index (χ1v) is 12.2. The minimum Gasteiger partial charge on any atom is -0.496 e. The molecule has 2 atom stereocenters. The van der Waals surface area contributed by atoms with E-state index in [-0.39, 0.29) is 46.4 Å². The highest BCUT2D eigenvalue weighted by Gasteiger charge is 2.39. The van der Waals surface area contributed by atoms with Gasteiger partial charge in [-0.3, -0.25) is 14.4 Å². The number of rotatable bonds is 8. The number of nitrogens with one attached hydrogen (secondary N) is 2. The Morgan fingerprint density at radius 3 is 2.29 bits per heavy atom. The molecular weight excluding hydrogens is 455 g/mol. The van der Waals surface area contributed by atoms with Crippen LogP contribution in [-0.2, 0) is 9.59 Å². The summed E-state index contributed by atoms with van der Waals surface area (Å²) in [6.07, 6.45) is 2.83. The highest BCUT2D eigenvalue weighted by molar-refractivity contribution is 5.98. The molecule has 0 aromatic heterocycles. The number of ether oxygens (including phenoxy) is 2. The minimum atomic E-state index is -0.841. The fraction of sp³-hybridized carbons (Fsp3) is 0.654. The Labute approximate surface area is 205 Å². The molecule has 2 saturated carbocycles. The fourth-order valence-corrected chi connectivity index (χ4v) is 4.43. The molecule has 0 heterocycles. The van der Waals surface area contributed by atoms with Gasteiger partial charge in [0.05, 0.1) is 30.1 Å². The maximum absolute atomic E-state index is 14.7. The van der Waals surface area contributed by atoms with E-state index in [0.29, 0.717) is 45.1 Å². The monoisotopic (exact) mass is 492 g/mol. The second kappa shape index (κ2) is 10.4. The van der Waals surface area contributed by atoms with Crippen LogP contribution in [-0.4, -0.2) is 48.7 Å². The van der Waals surface area contributed by atoms with Gasteiger partial charge in [-0.25, -0.2) is 4.39 Å². The van der Waals surface area contributed by atoms with Crippen LogP contribution in [0.3, 0.4) is 0 Å². The van der Waals surface area contributed by atoms with E-state index < -0.39 is 23.1 Å². The van der Waals surface area contributed by atoms with Crippen molar-refractivity contribution in [3.63, 3.8) is 0 Å². The average molecular weight is 493 g/mol. The lowest BCUT2D eigenvalue weighted by molar-refractivity contribution is -0.150. The molecule has 2 fully saturated rings. The lowest BCUT2D eigenvalue weighted by atomic mass is 9.75. The van der Waals surface area contributed by atoms with Gasteiger partial charge >= 0.3 is 5.97 Å². The van der Waals surface area contributed by atoms with Crippen LogP contribution in [0, 0.1) is 22.6 Å². The number of carbonyl (C=O) groups is 3. The van der Waals surface area contributed by atoms with Crippen molar-refractivity contribution in [3.8, 4) is 11.5 Å². The van der Waals surface area contributed by atoms with E-state index >= 15 is 0 Å². The smallest absolute Gasteiger partial charge is 0.309 e. The van der Waals surface area contributed by atoms with E-state index in [2.05, 4.69) is 10.6 Å². The molecular formula is C26H37FN2O6. The third-order valence-electron chi connectivity index (χ3n) is 7.07. The quantitative estimate of drug-likeness (QED) is 0.507. The van der Waals surface area contributed by atoms with Gasteiger partial charge in [0.2, 0.25) is 5.91 Å². The maximum Gasteiger partial charge on any atom is 0.309 e. The summed E-state index contributed by atoms with van der Waals surface area (Å²) in [6.45, 7) is 8.35. The van der Waals surface area contributed by atoms with Crippen molar-refractivity contribution in [1.29, 1.82) is 0 Å². The highest BCUT2D eigenvalue weighted by atomic mass is 19.1. The normalized spacial score (nSPS) is 26.3. The Hall–Kier alpha value is -2.84. The molecule has 1 aromatic rings. The molecule has 3 rings (SSSR count). The topological polar surface area (TPSA) is 114 Å². The predicted molar refractivity (Wildman–Crippen MR) is 128 cm³/mol. The van der Waals surface area contributed by atoms with Crippen LogP contribution >= 0.6 is 0 Å². The van der Waals surface area contributed by atoms with Gasteiger partial charge in [-0.2, -0.15) is 0 Å². The van der Waals surface area contributed by atoms with E-state index in [9.17, 15) is 23.9 Å². The van der Waals surface area contributed by atoms with Gasteiger partial charge in [0, 0.05) is 18.7 Å². The molecule has 0 radical (unpaired) electrons. The number of methoxy groups -OCH3 is 1. The lowest BCUT2D eigenvalue weighted by Crippen LogP contribution is -2.53. The largest absolute Gasteiger partial charge is 0.496 e. The van der Waals surface area contributed by atoms with Crippen LogP contribution in [0.1, 0.15) is 76.6 Å². The van der Waals surface area contributed by atoms with Gasteiger partial charge < -0.3 is 25.2 Å². The summed E-state index contributed by atoms with van der Waals surface area (Å²) in [6, 6.07) is 2.12. The Balaban J connectivity index is 1.67. The zero-order valence-corrected chi connectivity index (χ0v) is 21.2. The zero-order valence-electron chi connectivity index (χ0n) is 21.2. The molecule has 0 spiro atoms. The van der Waals surface area contributed by atoms with Crippen molar-refractivity contribution in [1.82, 2.24) is 10.6 Å². The molecule has 8 nitrogen and oxygen atoms in total. The van der Waals surface area contributed by atoms with Gasteiger partial charge in [-0.15, -0.1) is 0 Å². The van der Waals surface area contributed by atoms with Crippen LogP contribution in [0.2, 0.25) is 0 Å². The van der Waals surface area contributed by atoms with Crippen LogP contribution in [0.4, 0.5) is 4.39 Å². The number of hydrogen-bond donors (Lipinski definition) is 3. The van der Waals surface area contributed by atoms with Crippen molar-refractivity contribution in [3.05, 3.63) is 23.5 Å². The van der Waals surface area contributed by atoms with Gasteiger partial charge in [0.25, 0.3) is 5.91 Å². The number of carboxylic acid groups (broad SMARTS) is 1. The summed E-state index contributed by atoms with van der Waals surface area (Å²) < 4.78 is 25.8. The van der Waals surface area contributed by atoms with Gasteiger partial charge in [-0.1, -0.05) is 20.8 Å². The van der Waals surface area contributed by atoms with Crippen molar-refractivity contribution in [2.75, 3.05) is 13.7 Å². The molecule has 2 aliphatic rings. The number of halogens is 1. The van der Waals surface area contributed by atoms with Crippen molar-refractivity contribution < 1.29 is 33.4 Å². The first-order valence-electron chi connectivity index (χ1n) is 12.2. The summed E-state index contributed by atoms with van der Waals surface area (Å²) in [5, 5.41) is 15.2. The molecule has 194 valence electrons. The summed E-state index contributed by atoms with van der Waals surface area (Å²) in [7, 11) is 1.35. The molecule has 0 unspecified atom stereocenters. The molecule has 9 heteroatoms. The highest BCUT2D eigenvalue weighted by Crippen LogP contribution is 2.39. The molecule has 0 aliphatic heterocycles. The number of amides is 2. The first-order chi connectivity index (χ1) is 16.3. The summed E-state index contributed by atoms with van der Waals surface area (Å²) in [4.78, 5) is 37.1. The van der Waals surface area contributed by atoms with Crippen molar-refractivity contribution in [2.24, 2.45) is 16.7 Å². The van der Waals surface area contributed by atoms with Gasteiger partial charge in [0.15, 0.2) is 11.6 Å². The van der Waals surface area contributed by atoms with Crippen LogP contribution in [0.5, 0.6) is 11.5 Å².